The van der Waals surface area contributed by atoms with Crippen molar-refractivity contribution in [3.63, 3.8) is 0 Å². The van der Waals surface area contributed by atoms with Crippen LogP contribution < -0.4 is 0 Å². The summed E-state index contributed by atoms with van der Waals surface area (Å²) in [5.41, 5.74) is 0.816. The third kappa shape index (κ3) is 3.44. The molecule has 2 rings (SSSR count). The van der Waals surface area contributed by atoms with Gasteiger partial charge in [0.1, 0.15) is 5.82 Å². The van der Waals surface area contributed by atoms with Gasteiger partial charge in [0.05, 0.1) is 27.8 Å². The fourth-order valence-electron chi connectivity index (χ4n) is 1.76. The van der Waals surface area contributed by atoms with E-state index in [0.29, 0.717) is 4.90 Å². The summed E-state index contributed by atoms with van der Waals surface area (Å²) >= 11 is 5.67. The molecule has 0 heterocycles. The van der Waals surface area contributed by atoms with Gasteiger partial charge in [-0.3, -0.25) is 4.21 Å². The highest BCUT2D eigenvalue weighted by atomic mass is 35.5. The van der Waals surface area contributed by atoms with Gasteiger partial charge in [-0.25, -0.2) is 4.39 Å². The lowest BCUT2D eigenvalue weighted by Gasteiger charge is -2.09. The lowest BCUT2D eigenvalue weighted by Crippen LogP contribution is -2.08. The van der Waals surface area contributed by atoms with E-state index in [2.05, 4.69) is 6.07 Å². The minimum atomic E-state index is -1.41. The summed E-state index contributed by atoms with van der Waals surface area (Å²) in [4.78, 5) is 0.424. The Bertz CT molecular complexity index is 669. The van der Waals surface area contributed by atoms with E-state index in [1.54, 1.807) is 0 Å². The first-order valence-electron chi connectivity index (χ1n) is 5.90. The molecule has 0 fully saturated rings. The molecular weight excluding hydrogens is 297 g/mol. The lowest BCUT2D eigenvalue weighted by molar-refractivity contribution is 0.626. The second-order valence-corrected chi connectivity index (χ2v) is 6.08. The molecule has 20 heavy (non-hydrogen) atoms. The molecule has 0 spiro atoms. The van der Waals surface area contributed by atoms with Crippen molar-refractivity contribution in [1.29, 1.82) is 5.26 Å². The van der Waals surface area contributed by atoms with Crippen LogP contribution in [-0.4, -0.2) is 9.96 Å². The third-order valence-corrected chi connectivity index (χ3v) is 4.54. The SMILES string of the molecule is N#CC(CS(=O)c1ccc(F)c(Cl)c1)c1ccccc1. The van der Waals surface area contributed by atoms with Crippen LogP contribution in [-0.2, 0) is 10.8 Å². The van der Waals surface area contributed by atoms with Crippen LogP contribution >= 0.6 is 11.6 Å². The molecule has 0 saturated carbocycles. The Kier molecular flexibility index (Phi) is 4.89. The number of rotatable bonds is 4. The van der Waals surface area contributed by atoms with Crippen LogP contribution in [0.2, 0.25) is 5.02 Å². The van der Waals surface area contributed by atoms with Gasteiger partial charge >= 0.3 is 0 Å². The van der Waals surface area contributed by atoms with E-state index in [1.165, 1.54) is 18.2 Å². The number of nitriles is 1. The third-order valence-electron chi connectivity index (χ3n) is 2.83. The fraction of sp³-hybridized carbons (Fsp3) is 0.133. The van der Waals surface area contributed by atoms with Gasteiger partial charge in [0.2, 0.25) is 0 Å². The molecule has 0 radical (unpaired) electrons. The number of hydrogen-bond donors (Lipinski definition) is 0. The van der Waals surface area contributed by atoms with Crippen LogP contribution in [0.4, 0.5) is 4.39 Å². The molecule has 0 aromatic heterocycles. The van der Waals surface area contributed by atoms with Crippen molar-refractivity contribution in [3.05, 3.63) is 64.9 Å². The highest BCUT2D eigenvalue weighted by Gasteiger charge is 2.16. The van der Waals surface area contributed by atoms with Crippen LogP contribution in [0.15, 0.2) is 53.4 Å². The van der Waals surface area contributed by atoms with E-state index in [-0.39, 0.29) is 10.8 Å². The molecule has 2 nitrogen and oxygen atoms in total. The van der Waals surface area contributed by atoms with Crippen molar-refractivity contribution in [1.82, 2.24) is 0 Å². The van der Waals surface area contributed by atoms with Gasteiger partial charge in [-0.05, 0) is 23.8 Å². The monoisotopic (exact) mass is 307 g/mol. The van der Waals surface area contributed by atoms with Gasteiger partial charge in [-0.1, -0.05) is 41.9 Å². The maximum atomic E-state index is 13.1. The van der Waals surface area contributed by atoms with E-state index in [9.17, 15) is 13.9 Å². The van der Waals surface area contributed by atoms with Crippen LogP contribution in [0.3, 0.4) is 0 Å². The molecule has 0 aliphatic carbocycles. The van der Waals surface area contributed by atoms with E-state index in [0.717, 1.165) is 5.56 Å². The molecule has 0 aliphatic rings. The quantitative estimate of drug-likeness (QED) is 0.859. The lowest BCUT2D eigenvalue weighted by atomic mass is 10.0. The van der Waals surface area contributed by atoms with Gasteiger partial charge in [0.25, 0.3) is 0 Å². The van der Waals surface area contributed by atoms with Crippen molar-refractivity contribution in [2.24, 2.45) is 0 Å². The average Bonchev–Trinajstić information content (AvgIpc) is 2.48. The number of nitrogens with zero attached hydrogens (tertiary/aromatic N) is 1. The van der Waals surface area contributed by atoms with Crippen molar-refractivity contribution in [2.75, 3.05) is 5.75 Å². The molecular formula is C15H11ClFNOS. The molecule has 0 N–H and O–H groups in total. The number of hydrogen-bond acceptors (Lipinski definition) is 2. The number of halogens is 2. The summed E-state index contributed by atoms with van der Waals surface area (Å²) in [6, 6.07) is 15.3. The molecule has 0 bridgehead atoms. The van der Waals surface area contributed by atoms with E-state index < -0.39 is 22.5 Å². The van der Waals surface area contributed by atoms with Crippen molar-refractivity contribution < 1.29 is 8.60 Å². The Balaban J connectivity index is 2.18. The first-order chi connectivity index (χ1) is 9.61. The predicted molar refractivity (Wildman–Crippen MR) is 77.5 cm³/mol. The molecule has 102 valence electrons. The Hall–Kier alpha value is -1.70. The first-order valence-corrected chi connectivity index (χ1v) is 7.59. The molecule has 5 heteroatoms. The smallest absolute Gasteiger partial charge is 0.141 e. The standard InChI is InChI=1S/C15H11ClFNOS/c16-14-8-13(6-7-15(14)17)20(19)10-12(9-18)11-4-2-1-3-5-11/h1-8,12H,10H2. The van der Waals surface area contributed by atoms with Gasteiger partial charge < -0.3 is 0 Å². The summed E-state index contributed by atoms with van der Waals surface area (Å²) in [5, 5.41) is 9.14. The Morgan fingerprint density at radius 2 is 1.95 bits per heavy atom. The summed E-state index contributed by atoms with van der Waals surface area (Å²) in [6.45, 7) is 0. The van der Waals surface area contributed by atoms with Crippen molar-refractivity contribution in [2.45, 2.75) is 10.8 Å². The minimum absolute atomic E-state index is 0.0657. The second-order valence-electron chi connectivity index (χ2n) is 4.18. The normalized spacial score (nSPS) is 13.4. The molecule has 0 amide bonds. The summed E-state index contributed by atoms with van der Waals surface area (Å²) in [7, 11) is -1.41. The van der Waals surface area contributed by atoms with Gasteiger partial charge in [0, 0.05) is 10.6 Å². The highest BCUT2D eigenvalue weighted by molar-refractivity contribution is 7.85. The molecule has 2 aromatic carbocycles. The maximum absolute atomic E-state index is 13.1. The molecule has 2 aromatic rings. The Labute approximate surface area is 124 Å². The first kappa shape index (κ1) is 14.7. The Morgan fingerprint density at radius 1 is 1.25 bits per heavy atom. The Morgan fingerprint density at radius 3 is 2.55 bits per heavy atom. The summed E-state index contributed by atoms with van der Waals surface area (Å²) in [6.07, 6.45) is 0. The van der Waals surface area contributed by atoms with Gasteiger partial charge in [-0.2, -0.15) is 5.26 Å². The average molecular weight is 308 g/mol. The van der Waals surface area contributed by atoms with Crippen LogP contribution in [0.5, 0.6) is 0 Å². The van der Waals surface area contributed by atoms with Gasteiger partial charge in [0.15, 0.2) is 0 Å². The molecule has 2 unspecified atom stereocenters. The van der Waals surface area contributed by atoms with E-state index in [4.69, 9.17) is 11.6 Å². The van der Waals surface area contributed by atoms with Crippen LogP contribution in [0.25, 0.3) is 0 Å². The zero-order valence-electron chi connectivity index (χ0n) is 10.4. The van der Waals surface area contributed by atoms with Gasteiger partial charge in [-0.15, -0.1) is 0 Å². The zero-order valence-corrected chi connectivity index (χ0v) is 12.0. The van der Waals surface area contributed by atoms with E-state index >= 15 is 0 Å². The predicted octanol–water partition coefficient (Wildman–Crippen LogP) is 3.89. The van der Waals surface area contributed by atoms with Crippen molar-refractivity contribution in [3.8, 4) is 6.07 Å². The van der Waals surface area contributed by atoms with Crippen molar-refractivity contribution >= 4 is 22.4 Å². The van der Waals surface area contributed by atoms with Crippen LogP contribution in [0, 0.1) is 17.1 Å². The maximum Gasteiger partial charge on any atom is 0.141 e. The summed E-state index contributed by atoms with van der Waals surface area (Å²) < 4.78 is 25.3. The molecule has 0 aliphatic heterocycles. The van der Waals surface area contributed by atoms with E-state index in [1.807, 2.05) is 30.3 Å². The number of benzene rings is 2. The highest BCUT2D eigenvalue weighted by Crippen LogP contribution is 2.22. The molecule has 2 atom stereocenters. The second kappa shape index (κ2) is 6.65. The fourth-order valence-corrected chi connectivity index (χ4v) is 3.24. The van der Waals surface area contributed by atoms with Crippen LogP contribution in [0.1, 0.15) is 11.5 Å². The zero-order chi connectivity index (χ0) is 14.5. The minimum Gasteiger partial charge on any atom is -0.254 e. The topological polar surface area (TPSA) is 40.9 Å². The molecule has 0 saturated heterocycles. The largest absolute Gasteiger partial charge is 0.254 e. The summed E-state index contributed by atoms with van der Waals surface area (Å²) in [5.74, 6) is -0.865.